The monoisotopic (exact) mass is 258 g/mol. The average Bonchev–Trinajstić information content (AvgIpc) is 2.71. The van der Waals surface area contributed by atoms with Crippen molar-refractivity contribution in [3.05, 3.63) is 46.8 Å². The van der Waals surface area contributed by atoms with E-state index in [2.05, 4.69) is 17.4 Å². The SMILES string of the molecule is CCc1cccc(NC(=O)Cc2c(C)noc2C)c1. The Bertz CT molecular complexity index is 568. The van der Waals surface area contributed by atoms with Gasteiger partial charge in [0.05, 0.1) is 12.1 Å². The van der Waals surface area contributed by atoms with Crippen LogP contribution in [0.25, 0.3) is 0 Å². The van der Waals surface area contributed by atoms with Gasteiger partial charge in [0.1, 0.15) is 5.76 Å². The Kier molecular flexibility index (Phi) is 4.00. The first-order valence-corrected chi connectivity index (χ1v) is 6.40. The summed E-state index contributed by atoms with van der Waals surface area (Å²) in [5.74, 6) is 0.651. The normalized spacial score (nSPS) is 10.5. The largest absolute Gasteiger partial charge is 0.361 e. The quantitative estimate of drug-likeness (QED) is 0.917. The molecule has 0 aliphatic heterocycles. The lowest BCUT2D eigenvalue weighted by Crippen LogP contribution is -2.15. The number of carbonyl (C=O) groups excluding carboxylic acids is 1. The van der Waals surface area contributed by atoms with Crippen molar-refractivity contribution in [1.82, 2.24) is 5.16 Å². The zero-order chi connectivity index (χ0) is 13.8. The summed E-state index contributed by atoms with van der Waals surface area (Å²) < 4.78 is 5.05. The summed E-state index contributed by atoms with van der Waals surface area (Å²) in [6.45, 7) is 5.75. The molecule has 0 aliphatic rings. The van der Waals surface area contributed by atoms with E-state index in [9.17, 15) is 4.79 Å². The van der Waals surface area contributed by atoms with Crippen LogP contribution in [0.1, 0.15) is 29.5 Å². The lowest BCUT2D eigenvalue weighted by Gasteiger charge is -2.06. The predicted molar refractivity (Wildman–Crippen MR) is 74.1 cm³/mol. The number of amides is 1. The molecule has 4 nitrogen and oxygen atoms in total. The number of nitrogens with one attached hydrogen (secondary N) is 1. The van der Waals surface area contributed by atoms with Crippen LogP contribution in [0.3, 0.4) is 0 Å². The molecule has 100 valence electrons. The maximum atomic E-state index is 12.0. The Balaban J connectivity index is 2.05. The molecule has 0 unspecified atom stereocenters. The second-order valence-electron chi connectivity index (χ2n) is 4.58. The van der Waals surface area contributed by atoms with Crippen molar-refractivity contribution in [1.29, 1.82) is 0 Å². The number of aromatic nitrogens is 1. The van der Waals surface area contributed by atoms with Crippen LogP contribution in [-0.4, -0.2) is 11.1 Å². The molecule has 2 rings (SSSR count). The second kappa shape index (κ2) is 5.69. The van der Waals surface area contributed by atoms with Gasteiger partial charge < -0.3 is 9.84 Å². The first-order valence-electron chi connectivity index (χ1n) is 6.40. The van der Waals surface area contributed by atoms with E-state index in [-0.39, 0.29) is 12.3 Å². The van der Waals surface area contributed by atoms with Gasteiger partial charge in [0.15, 0.2) is 0 Å². The Morgan fingerprint density at radius 1 is 1.37 bits per heavy atom. The topological polar surface area (TPSA) is 55.1 Å². The average molecular weight is 258 g/mol. The number of hydrogen-bond donors (Lipinski definition) is 1. The standard InChI is InChI=1S/C15H18N2O2/c1-4-12-6-5-7-13(8-12)16-15(18)9-14-10(2)17-19-11(14)3/h5-8H,4,9H2,1-3H3,(H,16,18). The minimum absolute atomic E-state index is 0.0531. The van der Waals surface area contributed by atoms with Gasteiger partial charge in [-0.3, -0.25) is 4.79 Å². The number of nitrogens with zero attached hydrogens (tertiary/aromatic N) is 1. The van der Waals surface area contributed by atoms with Crippen molar-refractivity contribution in [2.75, 3.05) is 5.32 Å². The lowest BCUT2D eigenvalue weighted by atomic mass is 10.1. The fraction of sp³-hybridized carbons (Fsp3) is 0.333. The maximum Gasteiger partial charge on any atom is 0.228 e. The van der Waals surface area contributed by atoms with Crippen LogP contribution in [0.2, 0.25) is 0 Å². The molecule has 1 aromatic heterocycles. The number of hydrogen-bond acceptors (Lipinski definition) is 3. The molecule has 0 radical (unpaired) electrons. The summed E-state index contributed by atoms with van der Waals surface area (Å²) in [7, 11) is 0. The molecule has 1 heterocycles. The highest BCUT2D eigenvalue weighted by molar-refractivity contribution is 5.92. The van der Waals surface area contributed by atoms with E-state index in [1.807, 2.05) is 38.1 Å². The van der Waals surface area contributed by atoms with Gasteiger partial charge in [-0.1, -0.05) is 24.2 Å². The maximum absolute atomic E-state index is 12.0. The molecule has 0 aliphatic carbocycles. The van der Waals surface area contributed by atoms with Crippen LogP contribution >= 0.6 is 0 Å². The van der Waals surface area contributed by atoms with Crippen LogP contribution in [0, 0.1) is 13.8 Å². The third-order valence-corrected chi connectivity index (χ3v) is 3.14. The van der Waals surface area contributed by atoms with Crippen LogP contribution in [0.5, 0.6) is 0 Å². The van der Waals surface area contributed by atoms with E-state index in [4.69, 9.17) is 4.52 Å². The number of anilines is 1. The molecule has 0 atom stereocenters. The highest BCUT2D eigenvalue weighted by Gasteiger charge is 2.13. The van der Waals surface area contributed by atoms with Crippen LogP contribution in [0.15, 0.2) is 28.8 Å². The Morgan fingerprint density at radius 3 is 2.79 bits per heavy atom. The first-order chi connectivity index (χ1) is 9.10. The molecule has 19 heavy (non-hydrogen) atoms. The minimum atomic E-state index is -0.0531. The summed E-state index contributed by atoms with van der Waals surface area (Å²) in [6.07, 6.45) is 1.24. The highest BCUT2D eigenvalue weighted by Crippen LogP contribution is 2.15. The molecule has 0 spiro atoms. The van der Waals surface area contributed by atoms with Gasteiger partial charge in [-0.25, -0.2) is 0 Å². The molecular formula is C15H18N2O2. The molecule has 0 saturated carbocycles. The predicted octanol–water partition coefficient (Wildman–Crippen LogP) is 3.04. The van der Waals surface area contributed by atoms with Gasteiger partial charge in [0, 0.05) is 11.3 Å². The minimum Gasteiger partial charge on any atom is -0.361 e. The van der Waals surface area contributed by atoms with Crippen molar-refractivity contribution >= 4 is 11.6 Å². The highest BCUT2D eigenvalue weighted by atomic mass is 16.5. The van der Waals surface area contributed by atoms with Gasteiger partial charge in [-0.05, 0) is 38.0 Å². The summed E-state index contributed by atoms with van der Waals surface area (Å²) in [4.78, 5) is 12.0. The smallest absolute Gasteiger partial charge is 0.228 e. The van der Waals surface area contributed by atoms with E-state index < -0.39 is 0 Å². The van der Waals surface area contributed by atoms with Gasteiger partial charge >= 0.3 is 0 Å². The summed E-state index contributed by atoms with van der Waals surface area (Å²) >= 11 is 0. The number of aryl methyl sites for hydroxylation is 3. The van der Waals surface area contributed by atoms with E-state index in [1.54, 1.807) is 0 Å². The molecule has 4 heteroatoms. The van der Waals surface area contributed by atoms with E-state index >= 15 is 0 Å². The number of carbonyl (C=O) groups is 1. The first kappa shape index (κ1) is 13.3. The van der Waals surface area contributed by atoms with Crippen molar-refractivity contribution in [3.8, 4) is 0 Å². The van der Waals surface area contributed by atoms with Gasteiger partial charge in [-0.2, -0.15) is 0 Å². The lowest BCUT2D eigenvalue weighted by molar-refractivity contribution is -0.115. The van der Waals surface area contributed by atoms with Gasteiger partial charge in [-0.15, -0.1) is 0 Å². The summed E-state index contributed by atoms with van der Waals surface area (Å²) in [6, 6.07) is 7.88. The molecule has 0 bridgehead atoms. The number of rotatable bonds is 4. The molecule has 1 aromatic carbocycles. The molecule has 0 saturated heterocycles. The summed E-state index contributed by atoms with van der Waals surface area (Å²) in [5.41, 5.74) is 3.67. The van der Waals surface area contributed by atoms with E-state index in [0.717, 1.165) is 23.4 Å². The zero-order valence-corrected chi connectivity index (χ0v) is 11.5. The van der Waals surface area contributed by atoms with Crippen LogP contribution in [-0.2, 0) is 17.6 Å². The van der Waals surface area contributed by atoms with Gasteiger partial charge in [0.2, 0.25) is 5.91 Å². The Hall–Kier alpha value is -2.10. The third-order valence-electron chi connectivity index (χ3n) is 3.14. The van der Waals surface area contributed by atoms with Gasteiger partial charge in [0.25, 0.3) is 0 Å². The van der Waals surface area contributed by atoms with Crippen molar-refractivity contribution < 1.29 is 9.32 Å². The summed E-state index contributed by atoms with van der Waals surface area (Å²) in [5, 5.41) is 6.75. The van der Waals surface area contributed by atoms with E-state index in [1.165, 1.54) is 5.56 Å². The molecular weight excluding hydrogens is 240 g/mol. The van der Waals surface area contributed by atoms with Crippen molar-refractivity contribution in [2.24, 2.45) is 0 Å². The fourth-order valence-corrected chi connectivity index (χ4v) is 1.99. The molecule has 1 amide bonds. The van der Waals surface area contributed by atoms with Crippen LogP contribution in [0.4, 0.5) is 5.69 Å². The third kappa shape index (κ3) is 3.22. The Morgan fingerprint density at radius 2 is 2.16 bits per heavy atom. The molecule has 2 aromatic rings. The van der Waals surface area contributed by atoms with Crippen molar-refractivity contribution in [3.63, 3.8) is 0 Å². The fourth-order valence-electron chi connectivity index (χ4n) is 1.99. The van der Waals surface area contributed by atoms with Crippen molar-refractivity contribution in [2.45, 2.75) is 33.6 Å². The second-order valence-corrected chi connectivity index (χ2v) is 4.58. The zero-order valence-electron chi connectivity index (χ0n) is 11.5. The van der Waals surface area contributed by atoms with Crippen LogP contribution < -0.4 is 5.32 Å². The van der Waals surface area contributed by atoms with E-state index in [0.29, 0.717) is 5.76 Å². The molecule has 0 fully saturated rings. The molecule has 1 N–H and O–H groups in total. The Labute approximate surface area is 112 Å². The number of benzene rings is 1.